The van der Waals surface area contributed by atoms with E-state index in [2.05, 4.69) is 10.4 Å². The zero-order valence-electron chi connectivity index (χ0n) is 11.9. The van der Waals surface area contributed by atoms with Gasteiger partial charge in [-0.15, -0.1) is 0 Å². The molecule has 1 unspecified atom stereocenters. The molecular formula is C15H19N3O2. The molecule has 0 aliphatic heterocycles. The highest BCUT2D eigenvalue weighted by atomic mass is 16.5. The van der Waals surface area contributed by atoms with Crippen LogP contribution in [-0.2, 0) is 0 Å². The lowest BCUT2D eigenvalue weighted by Crippen LogP contribution is -2.29. The fourth-order valence-electron chi connectivity index (χ4n) is 2.15. The number of nitrogens with one attached hydrogen (secondary N) is 1. The average molecular weight is 273 g/mol. The summed E-state index contributed by atoms with van der Waals surface area (Å²) >= 11 is 0. The van der Waals surface area contributed by atoms with E-state index in [0.717, 1.165) is 16.7 Å². The first-order valence-corrected chi connectivity index (χ1v) is 6.29. The van der Waals surface area contributed by atoms with E-state index in [0.29, 0.717) is 11.5 Å². The SMILES string of the molecule is COc1ccc(C(NN)c2cncc(C)c2)cc1OC. The number of hydrazine groups is 1. The van der Waals surface area contributed by atoms with Crippen LogP contribution >= 0.6 is 0 Å². The van der Waals surface area contributed by atoms with Crippen LogP contribution in [0.25, 0.3) is 0 Å². The smallest absolute Gasteiger partial charge is 0.161 e. The van der Waals surface area contributed by atoms with Gasteiger partial charge in [0, 0.05) is 12.4 Å². The van der Waals surface area contributed by atoms with Crippen LogP contribution in [0.2, 0.25) is 0 Å². The molecule has 0 spiro atoms. The fraction of sp³-hybridized carbons (Fsp3) is 0.267. The quantitative estimate of drug-likeness (QED) is 0.644. The van der Waals surface area contributed by atoms with Crippen LogP contribution in [0.15, 0.2) is 36.7 Å². The highest BCUT2D eigenvalue weighted by Crippen LogP contribution is 2.31. The summed E-state index contributed by atoms with van der Waals surface area (Å²) in [5.41, 5.74) is 5.88. The molecule has 0 aliphatic rings. The van der Waals surface area contributed by atoms with Gasteiger partial charge in [0.1, 0.15) is 0 Å². The lowest BCUT2D eigenvalue weighted by atomic mass is 9.99. The zero-order valence-corrected chi connectivity index (χ0v) is 11.9. The van der Waals surface area contributed by atoms with Crippen LogP contribution in [0.4, 0.5) is 0 Å². The van der Waals surface area contributed by atoms with Crippen molar-refractivity contribution >= 4 is 0 Å². The number of rotatable bonds is 5. The van der Waals surface area contributed by atoms with E-state index in [4.69, 9.17) is 15.3 Å². The van der Waals surface area contributed by atoms with Gasteiger partial charge in [-0.25, -0.2) is 5.43 Å². The second-order valence-electron chi connectivity index (χ2n) is 4.51. The number of benzene rings is 1. The van der Waals surface area contributed by atoms with Crippen LogP contribution in [0, 0.1) is 6.92 Å². The monoisotopic (exact) mass is 273 g/mol. The summed E-state index contributed by atoms with van der Waals surface area (Å²) in [5, 5.41) is 0. The van der Waals surface area contributed by atoms with Gasteiger partial charge in [0.05, 0.1) is 20.3 Å². The molecule has 0 amide bonds. The van der Waals surface area contributed by atoms with Crippen molar-refractivity contribution in [2.75, 3.05) is 14.2 Å². The number of aromatic nitrogens is 1. The van der Waals surface area contributed by atoms with Crippen molar-refractivity contribution in [3.05, 3.63) is 53.3 Å². The number of pyridine rings is 1. The molecule has 0 saturated carbocycles. The van der Waals surface area contributed by atoms with Crippen molar-refractivity contribution in [1.29, 1.82) is 0 Å². The Morgan fingerprint density at radius 2 is 1.80 bits per heavy atom. The highest BCUT2D eigenvalue weighted by Gasteiger charge is 2.15. The predicted molar refractivity (Wildman–Crippen MR) is 77.7 cm³/mol. The molecule has 2 aromatic rings. The molecule has 5 nitrogen and oxygen atoms in total. The minimum Gasteiger partial charge on any atom is -0.493 e. The van der Waals surface area contributed by atoms with E-state index in [1.165, 1.54) is 0 Å². The Morgan fingerprint density at radius 1 is 1.05 bits per heavy atom. The van der Waals surface area contributed by atoms with Crippen LogP contribution in [0.1, 0.15) is 22.7 Å². The Hall–Kier alpha value is -2.11. The first kappa shape index (κ1) is 14.3. The summed E-state index contributed by atoms with van der Waals surface area (Å²) in [6.45, 7) is 2.00. The molecule has 2 rings (SSSR count). The second-order valence-corrected chi connectivity index (χ2v) is 4.51. The lowest BCUT2D eigenvalue weighted by molar-refractivity contribution is 0.354. The minimum atomic E-state index is -0.151. The fourth-order valence-corrected chi connectivity index (χ4v) is 2.15. The van der Waals surface area contributed by atoms with Gasteiger partial charge in [-0.2, -0.15) is 0 Å². The predicted octanol–water partition coefficient (Wildman–Crippen LogP) is 1.96. The normalized spacial score (nSPS) is 12.0. The Bertz CT molecular complexity index is 587. The molecule has 0 bridgehead atoms. The van der Waals surface area contributed by atoms with E-state index in [1.807, 2.05) is 37.4 Å². The van der Waals surface area contributed by atoms with Gasteiger partial charge >= 0.3 is 0 Å². The number of methoxy groups -OCH3 is 2. The topological polar surface area (TPSA) is 69.4 Å². The summed E-state index contributed by atoms with van der Waals surface area (Å²) in [6.07, 6.45) is 3.61. The van der Waals surface area contributed by atoms with Crippen molar-refractivity contribution < 1.29 is 9.47 Å². The Labute approximate surface area is 118 Å². The second kappa shape index (κ2) is 6.36. The first-order chi connectivity index (χ1) is 9.69. The Kier molecular flexibility index (Phi) is 4.55. The molecule has 106 valence electrons. The molecule has 0 aliphatic carbocycles. The molecule has 1 aromatic heterocycles. The first-order valence-electron chi connectivity index (χ1n) is 6.29. The summed E-state index contributed by atoms with van der Waals surface area (Å²) < 4.78 is 10.6. The molecule has 1 heterocycles. The molecule has 0 fully saturated rings. The van der Waals surface area contributed by atoms with Gasteiger partial charge in [0.15, 0.2) is 11.5 Å². The molecule has 0 radical (unpaired) electrons. The number of ether oxygens (including phenoxy) is 2. The van der Waals surface area contributed by atoms with Crippen LogP contribution in [-0.4, -0.2) is 19.2 Å². The largest absolute Gasteiger partial charge is 0.493 e. The van der Waals surface area contributed by atoms with Crippen LogP contribution in [0.3, 0.4) is 0 Å². The number of aryl methyl sites for hydroxylation is 1. The van der Waals surface area contributed by atoms with E-state index in [9.17, 15) is 0 Å². The maximum absolute atomic E-state index is 5.70. The lowest BCUT2D eigenvalue weighted by Gasteiger charge is -2.18. The van der Waals surface area contributed by atoms with Crippen LogP contribution in [0.5, 0.6) is 11.5 Å². The van der Waals surface area contributed by atoms with Crippen molar-refractivity contribution in [3.63, 3.8) is 0 Å². The average Bonchev–Trinajstić information content (AvgIpc) is 2.48. The molecule has 1 atom stereocenters. The van der Waals surface area contributed by atoms with Gasteiger partial charge in [-0.1, -0.05) is 12.1 Å². The van der Waals surface area contributed by atoms with Gasteiger partial charge in [0.2, 0.25) is 0 Å². The summed E-state index contributed by atoms with van der Waals surface area (Å²) in [7, 11) is 3.22. The van der Waals surface area contributed by atoms with Crippen molar-refractivity contribution in [1.82, 2.24) is 10.4 Å². The van der Waals surface area contributed by atoms with E-state index in [1.54, 1.807) is 20.4 Å². The summed E-state index contributed by atoms with van der Waals surface area (Å²) in [5.74, 6) is 7.06. The number of hydrogen-bond donors (Lipinski definition) is 2. The van der Waals surface area contributed by atoms with Gasteiger partial charge in [-0.3, -0.25) is 10.8 Å². The third-order valence-corrected chi connectivity index (χ3v) is 3.14. The molecular weight excluding hydrogens is 254 g/mol. The van der Waals surface area contributed by atoms with E-state index in [-0.39, 0.29) is 6.04 Å². The molecule has 20 heavy (non-hydrogen) atoms. The van der Waals surface area contributed by atoms with Gasteiger partial charge in [-0.05, 0) is 35.7 Å². The highest BCUT2D eigenvalue weighted by molar-refractivity contribution is 5.45. The minimum absolute atomic E-state index is 0.151. The molecule has 0 saturated heterocycles. The van der Waals surface area contributed by atoms with Crippen molar-refractivity contribution in [2.45, 2.75) is 13.0 Å². The summed E-state index contributed by atoms with van der Waals surface area (Å²) in [4.78, 5) is 4.20. The van der Waals surface area contributed by atoms with Crippen LogP contribution < -0.4 is 20.7 Å². The number of nitrogens with two attached hydrogens (primary N) is 1. The van der Waals surface area contributed by atoms with Crippen molar-refractivity contribution in [2.24, 2.45) is 5.84 Å². The standard InChI is InChI=1S/C15H19N3O2/c1-10-6-12(9-17-8-10)15(18-16)11-4-5-13(19-2)14(7-11)20-3/h4-9,15,18H,16H2,1-3H3. The van der Waals surface area contributed by atoms with Gasteiger partial charge < -0.3 is 9.47 Å². The summed E-state index contributed by atoms with van der Waals surface area (Å²) in [6, 6.07) is 7.62. The maximum Gasteiger partial charge on any atom is 0.161 e. The molecule has 3 N–H and O–H groups in total. The Balaban J connectivity index is 2.41. The molecule has 1 aromatic carbocycles. The van der Waals surface area contributed by atoms with E-state index < -0.39 is 0 Å². The Morgan fingerprint density at radius 3 is 2.40 bits per heavy atom. The maximum atomic E-state index is 5.70. The van der Waals surface area contributed by atoms with E-state index >= 15 is 0 Å². The zero-order chi connectivity index (χ0) is 14.5. The third-order valence-electron chi connectivity index (χ3n) is 3.14. The number of nitrogens with zero attached hydrogens (tertiary/aromatic N) is 1. The number of hydrogen-bond acceptors (Lipinski definition) is 5. The van der Waals surface area contributed by atoms with Crippen molar-refractivity contribution in [3.8, 4) is 11.5 Å². The third kappa shape index (κ3) is 2.89. The van der Waals surface area contributed by atoms with Gasteiger partial charge in [0.25, 0.3) is 0 Å². The molecule has 5 heteroatoms.